The molecule has 1 aromatic rings. The molecule has 2 rings (SSSR count). The van der Waals surface area contributed by atoms with Gasteiger partial charge in [-0.05, 0) is 12.8 Å². The van der Waals surface area contributed by atoms with Gasteiger partial charge in [0, 0.05) is 24.7 Å². The predicted molar refractivity (Wildman–Crippen MR) is 67.3 cm³/mol. The van der Waals surface area contributed by atoms with E-state index in [9.17, 15) is 22.8 Å². The Labute approximate surface area is 118 Å². The quantitative estimate of drug-likeness (QED) is 0.821. The maximum absolute atomic E-state index is 13.5. The zero-order valence-electron chi connectivity index (χ0n) is 10.9. The maximum atomic E-state index is 13.5. The normalized spacial score (nSPS) is 13.9. The second-order valence-electron chi connectivity index (χ2n) is 4.75. The van der Waals surface area contributed by atoms with Crippen LogP contribution < -0.4 is 5.32 Å². The number of carboxylic acids is 1. The number of rotatable bonds is 5. The molecule has 0 aliphatic heterocycles. The van der Waals surface area contributed by atoms with Gasteiger partial charge in [-0.25, -0.2) is 18.0 Å². The van der Waals surface area contributed by atoms with Crippen LogP contribution in [-0.4, -0.2) is 34.6 Å². The summed E-state index contributed by atoms with van der Waals surface area (Å²) in [4.78, 5) is 23.8. The lowest BCUT2D eigenvalue weighted by Gasteiger charge is -2.22. The molecule has 0 spiro atoms. The Kier molecular flexibility index (Phi) is 4.35. The molecule has 0 bridgehead atoms. The standard InChI is InChI=1S/C13H13F3N2O3/c14-7-5-9(15)12(16)10(6-7)17-13(21)18(8-1-2-8)4-3-11(19)20/h5-6,8H,1-4H2,(H,17,21)(H,19,20). The summed E-state index contributed by atoms with van der Waals surface area (Å²) in [7, 11) is 0. The molecule has 0 saturated heterocycles. The number of nitrogens with one attached hydrogen (secondary N) is 1. The molecule has 0 aromatic heterocycles. The fraction of sp³-hybridized carbons (Fsp3) is 0.385. The first kappa shape index (κ1) is 15.1. The number of hydrogen-bond acceptors (Lipinski definition) is 2. The van der Waals surface area contributed by atoms with Crippen molar-refractivity contribution in [2.45, 2.75) is 25.3 Å². The first-order valence-corrected chi connectivity index (χ1v) is 6.32. The number of anilines is 1. The van der Waals surface area contributed by atoms with Crippen molar-refractivity contribution >= 4 is 17.7 Å². The summed E-state index contributed by atoms with van der Waals surface area (Å²) in [6, 6.07) is 0.139. The molecule has 0 unspecified atom stereocenters. The van der Waals surface area contributed by atoms with Crippen molar-refractivity contribution in [2.24, 2.45) is 0 Å². The second-order valence-corrected chi connectivity index (χ2v) is 4.75. The molecule has 8 heteroatoms. The minimum Gasteiger partial charge on any atom is -0.481 e. The molecular weight excluding hydrogens is 289 g/mol. The van der Waals surface area contributed by atoms with Gasteiger partial charge in [-0.3, -0.25) is 4.79 Å². The number of aliphatic carboxylic acids is 1. The molecule has 114 valence electrons. The summed E-state index contributed by atoms with van der Waals surface area (Å²) in [5, 5.41) is 10.7. The number of nitrogens with zero attached hydrogens (tertiary/aromatic N) is 1. The van der Waals surface area contributed by atoms with Crippen LogP contribution in [0.25, 0.3) is 0 Å². The third-order valence-corrected chi connectivity index (χ3v) is 3.05. The molecule has 5 nitrogen and oxygen atoms in total. The van der Waals surface area contributed by atoms with E-state index in [2.05, 4.69) is 5.32 Å². The van der Waals surface area contributed by atoms with Crippen LogP contribution >= 0.6 is 0 Å². The van der Waals surface area contributed by atoms with Crippen LogP contribution in [0.3, 0.4) is 0 Å². The average Bonchev–Trinajstić information content (AvgIpc) is 3.19. The smallest absolute Gasteiger partial charge is 0.322 e. The van der Waals surface area contributed by atoms with Gasteiger partial charge in [0.05, 0.1) is 12.1 Å². The van der Waals surface area contributed by atoms with Gasteiger partial charge in [-0.2, -0.15) is 0 Å². The molecule has 0 atom stereocenters. The van der Waals surface area contributed by atoms with Crippen LogP contribution in [0.5, 0.6) is 0 Å². The van der Waals surface area contributed by atoms with E-state index in [0.29, 0.717) is 25.0 Å². The van der Waals surface area contributed by atoms with Crippen molar-refractivity contribution < 1.29 is 27.9 Å². The van der Waals surface area contributed by atoms with E-state index < -0.39 is 35.1 Å². The van der Waals surface area contributed by atoms with Crippen molar-refractivity contribution in [3.63, 3.8) is 0 Å². The molecular formula is C13H13F3N2O3. The molecule has 2 N–H and O–H groups in total. The zero-order chi connectivity index (χ0) is 15.6. The highest BCUT2D eigenvalue weighted by atomic mass is 19.2. The van der Waals surface area contributed by atoms with E-state index in [0.717, 1.165) is 0 Å². The first-order chi connectivity index (χ1) is 9.88. The number of amides is 2. The Morgan fingerprint density at radius 2 is 1.95 bits per heavy atom. The summed E-state index contributed by atoms with van der Waals surface area (Å²) in [6.45, 7) is -0.0503. The molecule has 1 aliphatic rings. The highest BCUT2D eigenvalue weighted by Gasteiger charge is 2.33. The van der Waals surface area contributed by atoms with Crippen LogP contribution in [-0.2, 0) is 4.79 Å². The molecule has 1 fully saturated rings. The summed E-state index contributed by atoms with van der Waals surface area (Å²) in [6.07, 6.45) is 1.17. The number of carbonyl (C=O) groups is 2. The molecule has 1 aliphatic carbocycles. The highest BCUT2D eigenvalue weighted by molar-refractivity contribution is 5.90. The van der Waals surface area contributed by atoms with E-state index in [1.165, 1.54) is 4.90 Å². The van der Waals surface area contributed by atoms with E-state index in [1.807, 2.05) is 0 Å². The first-order valence-electron chi connectivity index (χ1n) is 6.32. The number of hydrogen-bond donors (Lipinski definition) is 2. The summed E-state index contributed by atoms with van der Waals surface area (Å²) in [5.41, 5.74) is -0.613. The van der Waals surface area contributed by atoms with Gasteiger partial charge in [0.2, 0.25) is 0 Å². The summed E-state index contributed by atoms with van der Waals surface area (Å²) < 4.78 is 39.6. The molecule has 1 aromatic carbocycles. The lowest BCUT2D eigenvalue weighted by molar-refractivity contribution is -0.137. The van der Waals surface area contributed by atoms with E-state index in [4.69, 9.17) is 5.11 Å². The Bertz CT molecular complexity index is 576. The molecule has 0 radical (unpaired) electrons. The van der Waals surface area contributed by atoms with Gasteiger partial charge in [0.1, 0.15) is 5.82 Å². The van der Waals surface area contributed by atoms with Crippen molar-refractivity contribution in [2.75, 3.05) is 11.9 Å². The van der Waals surface area contributed by atoms with Gasteiger partial charge >= 0.3 is 12.0 Å². The Balaban J connectivity index is 2.10. The Morgan fingerprint density at radius 3 is 2.52 bits per heavy atom. The summed E-state index contributed by atoms with van der Waals surface area (Å²) >= 11 is 0. The minimum atomic E-state index is -1.41. The van der Waals surface area contributed by atoms with Crippen LogP contribution in [0.1, 0.15) is 19.3 Å². The second kappa shape index (κ2) is 6.02. The van der Waals surface area contributed by atoms with Gasteiger partial charge < -0.3 is 15.3 Å². The van der Waals surface area contributed by atoms with E-state index in [-0.39, 0.29) is 19.0 Å². The SMILES string of the molecule is O=C(O)CCN(C(=O)Nc1cc(F)cc(F)c1F)C1CC1. The van der Waals surface area contributed by atoms with E-state index >= 15 is 0 Å². The van der Waals surface area contributed by atoms with Crippen molar-refractivity contribution in [3.05, 3.63) is 29.6 Å². The van der Waals surface area contributed by atoms with Crippen molar-refractivity contribution in [3.8, 4) is 0 Å². The topological polar surface area (TPSA) is 69.6 Å². The largest absolute Gasteiger partial charge is 0.481 e. The van der Waals surface area contributed by atoms with Gasteiger partial charge in [0.25, 0.3) is 0 Å². The summed E-state index contributed by atoms with van der Waals surface area (Å²) in [5.74, 6) is -4.86. The lowest BCUT2D eigenvalue weighted by Crippen LogP contribution is -2.38. The number of halogens is 3. The van der Waals surface area contributed by atoms with Crippen LogP contribution in [0, 0.1) is 17.5 Å². The molecule has 1 saturated carbocycles. The maximum Gasteiger partial charge on any atom is 0.322 e. The van der Waals surface area contributed by atoms with Crippen LogP contribution in [0.4, 0.5) is 23.7 Å². The van der Waals surface area contributed by atoms with Gasteiger partial charge in [-0.15, -0.1) is 0 Å². The van der Waals surface area contributed by atoms with Gasteiger partial charge in [-0.1, -0.05) is 0 Å². The molecule has 0 heterocycles. The molecule has 2 amide bonds. The number of carbonyl (C=O) groups excluding carboxylic acids is 1. The van der Waals surface area contributed by atoms with Crippen molar-refractivity contribution in [1.82, 2.24) is 4.90 Å². The third-order valence-electron chi connectivity index (χ3n) is 3.05. The number of urea groups is 1. The number of carboxylic acid groups (broad SMARTS) is 1. The van der Waals surface area contributed by atoms with E-state index in [1.54, 1.807) is 0 Å². The fourth-order valence-corrected chi connectivity index (χ4v) is 1.89. The predicted octanol–water partition coefficient (Wildman–Crippen LogP) is 2.57. The van der Waals surface area contributed by atoms with Crippen LogP contribution in [0.2, 0.25) is 0 Å². The Morgan fingerprint density at radius 1 is 1.29 bits per heavy atom. The number of benzene rings is 1. The minimum absolute atomic E-state index is 0.0503. The van der Waals surface area contributed by atoms with Gasteiger partial charge in [0.15, 0.2) is 11.6 Å². The fourth-order valence-electron chi connectivity index (χ4n) is 1.89. The van der Waals surface area contributed by atoms with Crippen molar-refractivity contribution in [1.29, 1.82) is 0 Å². The zero-order valence-corrected chi connectivity index (χ0v) is 10.9. The molecule has 21 heavy (non-hydrogen) atoms. The van der Waals surface area contributed by atoms with Crippen LogP contribution in [0.15, 0.2) is 12.1 Å². The average molecular weight is 302 g/mol. The Hall–Kier alpha value is -2.25. The lowest BCUT2D eigenvalue weighted by atomic mass is 10.3. The highest BCUT2D eigenvalue weighted by Crippen LogP contribution is 2.28. The monoisotopic (exact) mass is 302 g/mol. The third kappa shape index (κ3) is 3.87.